The van der Waals surface area contributed by atoms with Crippen LogP contribution >= 0.6 is 11.6 Å². The number of pyridine rings is 2. The molecule has 1 amide bonds. The van der Waals surface area contributed by atoms with Crippen molar-refractivity contribution in [2.75, 3.05) is 6.61 Å². The molecule has 0 N–H and O–H groups in total. The van der Waals surface area contributed by atoms with Gasteiger partial charge in [0.15, 0.2) is 5.49 Å². The Bertz CT molecular complexity index is 2180. The first-order chi connectivity index (χ1) is 21.4. The molecule has 6 rings (SSSR count). The summed E-state index contributed by atoms with van der Waals surface area (Å²) in [5, 5.41) is 4.65. The molecule has 6 aromatic rings. The third-order valence-corrected chi connectivity index (χ3v) is 7.49. The third kappa shape index (κ3) is 5.31. The minimum atomic E-state index is -0.736. The fourth-order valence-electron chi connectivity index (χ4n) is 5.07. The van der Waals surface area contributed by atoms with E-state index in [1.165, 1.54) is 10.5 Å². The van der Waals surface area contributed by atoms with Gasteiger partial charge in [-0.2, -0.15) is 4.99 Å². The first-order valence-corrected chi connectivity index (χ1v) is 14.3. The van der Waals surface area contributed by atoms with Gasteiger partial charge in [0.05, 0.1) is 17.0 Å². The lowest BCUT2D eigenvalue weighted by molar-refractivity contribution is 0.0523. The molecule has 0 radical (unpaired) electrons. The van der Waals surface area contributed by atoms with Crippen LogP contribution in [0.15, 0.2) is 99.4 Å². The molecule has 0 atom stereocenters. The Labute approximate surface area is 255 Å². The number of halogens is 1. The summed E-state index contributed by atoms with van der Waals surface area (Å²) in [6, 6.07) is 23.2. The van der Waals surface area contributed by atoms with Gasteiger partial charge in [0, 0.05) is 18.3 Å². The number of hydrogen-bond acceptors (Lipinski definition) is 7. The van der Waals surface area contributed by atoms with Gasteiger partial charge in [-0.1, -0.05) is 71.4 Å². The summed E-state index contributed by atoms with van der Waals surface area (Å²) in [5.41, 5.74) is 2.04. The van der Waals surface area contributed by atoms with Gasteiger partial charge in [0.2, 0.25) is 0 Å². The zero-order valence-corrected chi connectivity index (χ0v) is 24.6. The quantitative estimate of drug-likeness (QED) is 0.175. The van der Waals surface area contributed by atoms with E-state index in [0.717, 1.165) is 5.56 Å². The zero-order chi connectivity index (χ0) is 30.8. The molecule has 0 saturated heterocycles. The maximum Gasteiger partial charge on any atom is 0.341 e. The van der Waals surface area contributed by atoms with Crippen molar-refractivity contribution in [2.24, 2.45) is 4.99 Å². The van der Waals surface area contributed by atoms with Crippen LogP contribution in [0.4, 0.5) is 0 Å². The van der Waals surface area contributed by atoms with Crippen molar-refractivity contribution < 1.29 is 18.8 Å². The monoisotopic (exact) mass is 607 g/mol. The minimum Gasteiger partial charge on any atom is -0.462 e. The van der Waals surface area contributed by atoms with E-state index in [1.54, 1.807) is 67.1 Å². The van der Waals surface area contributed by atoms with E-state index in [0.29, 0.717) is 22.7 Å². The number of aromatic nitrogens is 4. The number of aryl methyl sites for hydroxylation is 3. The van der Waals surface area contributed by atoms with Gasteiger partial charge in [0.25, 0.3) is 11.5 Å². The number of esters is 1. The van der Waals surface area contributed by atoms with Crippen molar-refractivity contribution in [2.45, 2.75) is 26.8 Å². The van der Waals surface area contributed by atoms with E-state index in [1.807, 2.05) is 30.3 Å². The van der Waals surface area contributed by atoms with E-state index >= 15 is 0 Å². The number of carbonyl (C=O) groups excluding carboxylic acids is 2. The molecule has 0 saturated carbocycles. The van der Waals surface area contributed by atoms with Crippen molar-refractivity contribution in [1.82, 2.24) is 19.1 Å². The second kappa shape index (κ2) is 12.1. The zero-order valence-electron chi connectivity index (χ0n) is 23.9. The molecule has 0 spiro atoms. The van der Waals surface area contributed by atoms with Crippen LogP contribution in [0.25, 0.3) is 27.9 Å². The highest BCUT2D eigenvalue weighted by atomic mass is 35.5. The first-order valence-electron chi connectivity index (χ1n) is 13.9. The highest BCUT2D eigenvalue weighted by molar-refractivity contribution is 6.33. The summed E-state index contributed by atoms with van der Waals surface area (Å²) in [6.45, 7) is 3.59. The average Bonchev–Trinajstić information content (AvgIpc) is 3.42. The maximum atomic E-state index is 14.0. The van der Waals surface area contributed by atoms with E-state index in [-0.39, 0.29) is 57.8 Å². The Hall–Kier alpha value is -5.35. The number of nitrogens with zero attached hydrogens (tertiary/aromatic N) is 5. The lowest BCUT2D eigenvalue weighted by Crippen LogP contribution is -2.33. The summed E-state index contributed by atoms with van der Waals surface area (Å²) in [7, 11) is 0. The predicted octanol–water partition coefficient (Wildman–Crippen LogP) is 5.43. The standard InChI is InChI=1S/C33H26ClN5O5/c1-3-43-33(42)24-19-23-29(35-26-15-9-10-17-38(26)32(23)41)39(18-16-21-11-5-4-6-12-21)30(24)36-31(40)27-20(2)44-37-28(27)22-13-7-8-14-25(22)34/h4-15,17,19H,3,16,18H2,1-2H3. The number of hydrogen-bond donors (Lipinski definition) is 0. The van der Waals surface area contributed by atoms with Crippen molar-refractivity contribution in [1.29, 1.82) is 0 Å². The highest BCUT2D eigenvalue weighted by Crippen LogP contribution is 2.31. The number of fused-ring (bicyclic) bond motifs is 2. The second-order valence-electron chi connectivity index (χ2n) is 9.93. The van der Waals surface area contributed by atoms with E-state index < -0.39 is 11.9 Å². The fourth-order valence-corrected chi connectivity index (χ4v) is 5.29. The molecule has 220 valence electrons. The van der Waals surface area contributed by atoms with Crippen molar-refractivity contribution in [3.63, 3.8) is 0 Å². The molecule has 11 heteroatoms. The Kier molecular flexibility index (Phi) is 7.91. The third-order valence-electron chi connectivity index (χ3n) is 7.17. The maximum absolute atomic E-state index is 14.0. The lowest BCUT2D eigenvalue weighted by atomic mass is 10.1. The molecule has 10 nitrogen and oxygen atoms in total. The molecule has 4 heterocycles. The normalized spacial score (nSPS) is 11.8. The first kappa shape index (κ1) is 28.8. The topological polar surface area (TPSA) is 121 Å². The SMILES string of the molecule is CCOC(=O)c1cc2c(=O)n3ccccc3nc2n(CCc2ccccc2)c1=NC(=O)c1c(-c2ccccc2Cl)noc1C. The van der Waals surface area contributed by atoms with Crippen molar-refractivity contribution >= 4 is 40.2 Å². The molecule has 0 aliphatic carbocycles. The summed E-state index contributed by atoms with van der Waals surface area (Å²) in [4.78, 5) is 50.3. The summed E-state index contributed by atoms with van der Waals surface area (Å²) in [6.07, 6.45) is 2.10. The minimum absolute atomic E-state index is 0.00484. The Morgan fingerprint density at radius 1 is 1.02 bits per heavy atom. The van der Waals surface area contributed by atoms with Crippen LogP contribution in [0.3, 0.4) is 0 Å². The van der Waals surface area contributed by atoms with Crippen molar-refractivity contribution in [3.8, 4) is 11.3 Å². The summed E-state index contributed by atoms with van der Waals surface area (Å²) < 4.78 is 13.8. The van der Waals surface area contributed by atoms with Crippen LogP contribution in [0, 0.1) is 6.92 Å². The fraction of sp³-hybridized carbons (Fsp3) is 0.152. The van der Waals surface area contributed by atoms with Crippen molar-refractivity contribution in [3.05, 3.63) is 128 Å². The van der Waals surface area contributed by atoms with E-state index in [4.69, 9.17) is 25.8 Å². The molecule has 0 aliphatic heterocycles. The number of benzene rings is 2. The smallest absolute Gasteiger partial charge is 0.341 e. The lowest BCUT2D eigenvalue weighted by Gasteiger charge is -2.15. The average molecular weight is 608 g/mol. The van der Waals surface area contributed by atoms with E-state index in [9.17, 15) is 14.4 Å². The van der Waals surface area contributed by atoms with E-state index in [2.05, 4.69) is 10.1 Å². The molecule has 0 aliphatic rings. The molecule has 0 bridgehead atoms. The van der Waals surface area contributed by atoms with Gasteiger partial charge in [-0.25, -0.2) is 9.78 Å². The highest BCUT2D eigenvalue weighted by Gasteiger charge is 2.25. The number of carbonyl (C=O) groups is 2. The van der Waals surface area contributed by atoms with Crippen LogP contribution < -0.4 is 11.0 Å². The summed E-state index contributed by atoms with van der Waals surface area (Å²) >= 11 is 6.43. The molecule has 2 aromatic carbocycles. The summed E-state index contributed by atoms with van der Waals surface area (Å²) in [5.74, 6) is -1.22. The Morgan fingerprint density at radius 3 is 2.55 bits per heavy atom. The molecule has 0 unspecified atom stereocenters. The number of amides is 1. The Morgan fingerprint density at radius 2 is 1.77 bits per heavy atom. The second-order valence-corrected chi connectivity index (χ2v) is 10.3. The molecule has 4 aromatic heterocycles. The van der Waals surface area contributed by atoms with Gasteiger partial charge < -0.3 is 13.8 Å². The van der Waals surface area contributed by atoms with Crippen LogP contribution in [0.5, 0.6) is 0 Å². The number of rotatable bonds is 7. The van der Waals surface area contributed by atoms with Gasteiger partial charge in [-0.05, 0) is 50.1 Å². The van der Waals surface area contributed by atoms with Crippen LogP contribution in [0.1, 0.15) is 39.0 Å². The Balaban J connectivity index is 1.65. The largest absolute Gasteiger partial charge is 0.462 e. The van der Waals surface area contributed by atoms with Crippen LogP contribution in [-0.4, -0.2) is 37.6 Å². The molecule has 44 heavy (non-hydrogen) atoms. The predicted molar refractivity (Wildman–Crippen MR) is 165 cm³/mol. The van der Waals surface area contributed by atoms with Gasteiger partial charge in [-0.15, -0.1) is 0 Å². The molecular weight excluding hydrogens is 582 g/mol. The van der Waals surface area contributed by atoms with Gasteiger partial charge in [0.1, 0.15) is 33.9 Å². The molecular formula is C33H26ClN5O5. The van der Waals surface area contributed by atoms with Gasteiger partial charge in [-0.3, -0.25) is 14.0 Å². The van der Waals surface area contributed by atoms with Crippen LogP contribution in [-0.2, 0) is 17.7 Å². The molecule has 0 fully saturated rings. The number of ether oxygens (including phenoxy) is 1. The van der Waals surface area contributed by atoms with Gasteiger partial charge >= 0.3 is 5.97 Å². The van der Waals surface area contributed by atoms with Crippen LogP contribution in [0.2, 0.25) is 5.02 Å².